The Hall–Kier alpha value is -3.53. The van der Waals surface area contributed by atoms with E-state index < -0.39 is 11.8 Å². The quantitative estimate of drug-likeness (QED) is 0.351. The van der Waals surface area contributed by atoms with Gasteiger partial charge in [0, 0.05) is 21.0 Å². The van der Waals surface area contributed by atoms with Gasteiger partial charge in [0.1, 0.15) is 5.75 Å². The van der Waals surface area contributed by atoms with Crippen molar-refractivity contribution < 1.29 is 14.3 Å². The molecule has 0 aliphatic rings. The largest absolute Gasteiger partial charge is 0.388 e. The van der Waals surface area contributed by atoms with Crippen molar-refractivity contribution in [3.63, 3.8) is 0 Å². The molecular formula is C9H3N7O3. The molecule has 2 amide bonds. The third-order valence-corrected chi connectivity index (χ3v) is 1.84. The Labute approximate surface area is 105 Å². The molecule has 0 radical (unpaired) electrons. The number of ether oxygens (including phenoxy) is 1. The molecule has 0 aliphatic heterocycles. The first-order chi connectivity index (χ1) is 9.12. The van der Waals surface area contributed by atoms with Crippen LogP contribution in [-0.4, -0.2) is 11.8 Å². The van der Waals surface area contributed by atoms with E-state index in [9.17, 15) is 9.59 Å². The maximum atomic E-state index is 11.4. The predicted octanol–water partition coefficient (Wildman–Crippen LogP) is 2.45. The standard InChI is InChI=1S/C9H3N7O3/c10-4-19-7-2-5(8(17)13-15-11)1-6(3-7)9(18)14-16-12/h1-3H. The van der Waals surface area contributed by atoms with E-state index >= 15 is 0 Å². The lowest BCUT2D eigenvalue weighted by Crippen LogP contribution is -2.00. The smallest absolute Gasteiger partial charge is 0.292 e. The van der Waals surface area contributed by atoms with Crippen LogP contribution in [0.5, 0.6) is 5.75 Å². The Morgan fingerprint density at radius 2 is 1.58 bits per heavy atom. The second-order valence-corrected chi connectivity index (χ2v) is 2.93. The Morgan fingerprint density at radius 3 is 1.95 bits per heavy atom. The van der Waals surface area contributed by atoms with Gasteiger partial charge in [-0.3, -0.25) is 9.59 Å². The molecule has 10 heteroatoms. The first kappa shape index (κ1) is 13.5. The maximum absolute atomic E-state index is 11.4. The monoisotopic (exact) mass is 257 g/mol. The zero-order valence-electron chi connectivity index (χ0n) is 9.09. The van der Waals surface area contributed by atoms with Gasteiger partial charge in [0.05, 0.1) is 0 Å². The number of carbonyl (C=O) groups is 2. The van der Waals surface area contributed by atoms with Crippen molar-refractivity contribution >= 4 is 11.8 Å². The van der Waals surface area contributed by atoms with Crippen LogP contribution in [0.2, 0.25) is 0 Å². The predicted molar refractivity (Wildman–Crippen MR) is 59.6 cm³/mol. The van der Waals surface area contributed by atoms with E-state index in [1.807, 2.05) is 0 Å². The minimum atomic E-state index is -0.971. The summed E-state index contributed by atoms with van der Waals surface area (Å²) in [7, 11) is 0. The Kier molecular flexibility index (Phi) is 4.46. The van der Waals surface area contributed by atoms with Gasteiger partial charge in [0.25, 0.3) is 6.26 Å². The van der Waals surface area contributed by atoms with E-state index in [0.29, 0.717) is 0 Å². The van der Waals surface area contributed by atoms with Crippen molar-refractivity contribution in [2.24, 2.45) is 10.2 Å². The molecule has 92 valence electrons. The van der Waals surface area contributed by atoms with Gasteiger partial charge >= 0.3 is 0 Å². The summed E-state index contributed by atoms with van der Waals surface area (Å²) < 4.78 is 4.48. The average molecular weight is 257 g/mol. The third-order valence-electron chi connectivity index (χ3n) is 1.84. The fourth-order valence-electron chi connectivity index (χ4n) is 1.15. The van der Waals surface area contributed by atoms with E-state index in [-0.39, 0.29) is 16.9 Å². The molecule has 10 nitrogen and oxygen atoms in total. The van der Waals surface area contributed by atoms with Crippen LogP contribution in [0.25, 0.3) is 20.9 Å². The minimum Gasteiger partial charge on any atom is -0.388 e. The molecule has 0 spiro atoms. The Bertz CT molecular complexity index is 629. The summed E-state index contributed by atoms with van der Waals surface area (Å²) in [5, 5.41) is 14.0. The summed E-state index contributed by atoms with van der Waals surface area (Å²) in [6, 6.07) is 3.26. The van der Waals surface area contributed by atoms with Crippen LogP contribution < -0.4 is 4.74 Å². The molecule has 0 atom stereocenters. The summed E-state index contributed by atoms with van der Waals surface area (Å²) >= 11 is 0. The molecule has 0 fully saturated rings. The lowest BCUT2D eigenvalue weighted by atomic mass is 10.1. The molecule has 0 bridgehead atoms. The molecule has 0 saturated heterocycles. The number of hydrogen-bond acceptors (Lipinski definition) is 4. The van der Waals surface area contributed by atoms with E-state index in [1.54, 1.807) is 0 Å². The van der Waals surface area contributed by atoms with Crippen LogP contribution in [0.1, 0.15) is 20.7 Å². The average Bonchev–Trinajstić information content (AvgIpc) is 2.39. The molecule has 0 aliphatic carbocycles. The highest BCUT2D eigenvalue weighted by Crippen LogP contribution is 2.19. The summed E-state index contributed by atoms with van der Waals surface area (Å²) in [6.45, 7) is 0. The van der Waals surface area contributed by atoms with Crippen LogP contribution >= 0.6 is 0 Å². The first-order valence-corrected chi connectivity index (χ1v) is 4.52. The molecule has 0 N–H and O–H groups in total. The second-order valence-electron chi connectivity index (χ2n) is 2.93. The second kappa shape index (κ2) is 6.27. The van der Waals surface area contributed by atoms with Crippen molar-refractivity contribution in [1.29, 1.82) is 5.26 Å². The highest BCUT2D eigenvalue weighted by molar-refractivity contribution is 6.00. The lowest BCUT2D eigenvalue weighted by Gasteiger charge is -2.02. The summed E-state index contributed by atoms with van der Waals surface area (Å²) in [4.78, 5) is 27.3. The molecule has 0 heterocycles. The number of amides is 2. The number of azide groups is 2. The van der Waals surface area contributed by atoms with Gasteiger partial charge in [-0.1, -0.05) is 0 Å². The molecule has 1 rings (SSSR count). The van der Waals surface area contributed by atoms with Gasteiger partial charge < -0.3 is 4.74 Å². The number of nitrogens with zero attached hydrogens (tertiary/aromatic N) is 7. The number of benzene rings is 1. The molecule has 0 saturated carbocycles. The maximum Gasteiger partial charge on any atom is 0.292 e. The molecule has 1 aromatic carbocycles. The zero-order chi connectivity index (χ0) is 14.3. The Morgan fingerprint density at radius 1 is 1.11 bits per heavy atom. The number of nitriles is 1. The first-order valence-electron chi connectivity index (χ1n) is 4.52. The normalized spacial score (nSPS) is 8.37. The van der Waals surface area contributed by atoms with Crippen molar-refractivity contribution in [3.8, 4) is 12.0 Å². The van der Waals surface area contributed by atoms with E-state index in [2.05, 4.69) is 24.8 Å². The van der Waals surface area contributed by atoms with Gasteiger partial charge in [0.2, 0.25) is 11.8 Å². The van der Waals surface area contributed by atoms with Crippen LogP contribution in [0, 0.1) is 11.5 Å². The van der Waals surface area contributed by atoms with Crippen LogP contribution in [-0.2, 0) is 0 Å². The van der Waals surface area contributed by atoms with E-state index in [4.69, 9.17) is 16.3 Å². The summed E-state index contributed by atoms with van der Waals surface area (Å²) in [5.74, 6) is -2.07. The van der Waals surface area contributed by atoms with Gasteiger partial charge in [-0.15, -0.1) is 5.26 Å². The fraction of sp³-hybridized carbons (Fsp3) is 0. The third kappa shape index (κ3) is 3.47. The Balaban J connectivity index is 3.37. The summed E-state index contributed by atoms with van der Waals surface area (Å²) in [6.07, 6.45) is 1.35. The van der Waals surface area contributed by atoms with Gasteiger partial charge in [-0.25, -0.2) is 0 Å². The molecular weight excluding hydrogens is 254 g/mol. The van der Waals surface area contributed by atoms with Gasteiger partial charge in [0.15, 0.2) is 0 Å². The topological polar surface area (TPSA) is 165 Å². The van der Waals surface area contributed by atoms with Crippen LogP contribution in [0.4, 0.5) is 0 Å². The van der Waals surface area contributed by atoms with Crippen molar-refractivity contribution in [2.45, 2.75) is 0 Å². The van der Waals surface area contributed by atoms with Gasteiger partial charge in [-0.2, -0.15) is 0 Å². The fourth-order valence-corrected chi connectivity index (χ4v) is 1.15. The molecule has 19 heavy (non-hydrogen) atoms. The number of hydrogen-bond donors (Lipinski definition) is 0. The molecule has 1 aromatic rings. The van der Waals surface area contributed by atoms with E-state index in [1.165, 1.54) is 6.26 Å². The van der Waals surface area contributed by atoms with Gasteiger partial charge in [-0.05, 0) is 39.5 Å². The van der Waals surface area contributed by atoms with Crippen molar-refractivity contribution in [2.75, 3.05) is 0 Å². The SMILES string of the molecule is N#COc1cc(C(=O)N=[N+]=[N-])cc(C(=O)N=[N+]=[N-])c1. The van der Waals surface area contributed by atoms with E-state index in [0.717, 1.165) is 18.2 Å². The number of rotatable bonds is 3. The number of carbonyl (C=O) groups excluding carboxylic acids is 2. The molecule has 0 aromatic heterocycles. The zero-order valence-corrected chi connectivity index (χ0v) is 9.09. The highest BCUT2D eigenvalue weighted by Gasteiger charge is 2.12. The molecule has 0 unspecified atom stereocenters. The highest BCUT2D eigenvalue weighted by atomic mass is 16.5. The lowest BCUT2D eigenvalue weighted by molar-refractivity contribution is 0.0999. The van der Waals surface area contributed by atoms with Crippen molar-refractivity contribution in [1.82, 2.24) is 0 Å². The summed E-state index contributed by atoms with van der Waals surface area (Å²) in [5.41, 5.74) is 16.0. The van der Waals surface area contributed by atoms with Crippen molar-refractivity contribution in [3.05, 3.63) is 50.2 Å². The minimum absolute atomic E-state index is 0.127. The van der Waals surface area contributed by atoms with Crippen LogP contribution in [0.15, 0.2) is 28.4 Å². The van der Waals surface area contributed by atoms with Crippen LogP contribution in [0.3, 0.4) is 0 Å².